The van der Waals surface area contributed by atoms with Crippen molar-refractivity contribution in [3.05, 3.63) is 20.8 Å². The molecule has 2 aromatic heterocycles. The molecule has 1 saturated heterocycles. The van der Waals surface area contributed by atoms with E-state index in [2.05, 4.69) is 31.0 Å². The first-order valence-electron chi connectivity index (χ1n) is 12.2. The lowest BCUT2D eigenvalue weighted by Crippen LogP contribution is -2.45. The third-order valence-electron chi connectivity index (χ3n) is 6.70. The highest BCUT2D eigenvalue weighted by Crippen LogP contribution is 2.34. The quantitative estimate of drug-likeness (QED) is 0.459. The molecule has 0 aromatic carbocycles. The SMILES string of the molecule is CCN1CCC(NC(=O)CSc2nc3sc4c(c3c(=O)n2CCC(C)C)CCCC4)CC1. The van der Waals surface area contributed by atoms with Crippen LogP contribution in [-0.4, -0.2) is 51.8 Å². The second-order valence-electron chi connectivity index (χ2n) is 9.49. The standard InChI is InChI=1S/C24H36N4O2S2/c1-4-27-12-10-17(11-13-27)25-20(29)15-31-24-26-22-21(18-7-5-6-8-19(18)32-22)23(30)28(24)14-9-16(2)3/h16-17H,4-15H2,1-3H3,(H,25,29). The van der Waals surface area contributed by atoms with Gasteiger partial charge >= 0.3 is 0 Å². The zero-order chi connectivity index (χ0) is 22.7. The van der Waals surface area contributed by atoms with Crippen molar-refractivity contribution >= 4 is 39.2 Å². The van der Waals surface area contributed by atoms with Gasteiger partial charge in [-0.15, -0.1) is 11.3 Å². The molecule has 0 radical (unpaired) electrons. The van der Waals surface area contributed by atoms with Crippen LogP contribution in [0.25, 0.3) is 10.2 Å². The van der Waals surface area contributed by atoms with Gasteiger partial charge in [-0.2, -0.15) is 0 Å². The molecule has 0 atom stereocenters. The number of thioether (sulfide) groups is 1. The fraction of sp³-hybridized carbons (Fsp3) is 0.708. The maximum atomic E-state index is 13.5. The van der Waals surface area contributed by atoms with Gasteiger partial charge in [-0.1, -0.05) is 32.5 Å². The third kappa shape index (κ3) is 5.39. The Bertz CT molecular complexity index is 1010. The molecule has 0 saturated carbocycles. The number of nitrogens with one attached hydrogen (secondary N) is 1. The summed E-state index contributed by atoms with van der Waals surface area (Å²) in [4.78, 5) is 35.7. The molecule has 0 unspecified atom stereocenters. The molecule has 4 rings (SSSR count). The van der Waals surface area contributed by atoms with Crippen LogP contribution in [0.5, 0.6) is 0 Å². The van der Waals surface area contributed by atoms with Crippen molar-refractivity contribution in [2.75, 3.05) is 25.4 Å². The largest absolute Gasteiger partial charge is 0.353 e. The molecule has 0 spiro atoms. The lowest BCUT2D eigenvalue weighted by molar-refractivity contribution is -0.119. The van der Waals surface area contributed by atoms with E-state index >= 15 is 0 Å². The van der Waals surface area contributed by atoms with Gasteiger partial charge in [0, 0.05) is 30.6 Å². The predicted octanol–water partition coefficient (Wildman–Crippen LogP) is 4.08. The fourth-order valence-electron chi connectivity index (χ4n) is 4.71. The topological polar surface area (TPSA) is 67.2 Å². The molecule has 1 aliphatic carbocycles. The number of thiophene rings is 1. The predicted molar refractivity (Wildman–Crippen MR) is 134 cm³/mol. The van der Waals surface area contributed by atoms with Gasteiger partial charge in [-0.25, -0.2) is 4.98 Å². The molecule has 176 valence electrons. The van der Waals surface area contributed by atoms with E-state index in [0.717, 1.165) is 68.4 Å². The first-order chi connectivity index (χ1) is 15.5. The van der Waals surface area contributed by atoms with Crippen molar-refractivity contribution in [2.45, 2.75) is 83.5 Å². The van der Waals surface area contributed by atoms with E-state index in [1.165, 1.54) is 28.6 Å². The van der Waals surface area contributed by atoms with Crippen LogP contribution in [0.15, 0.2) is 9.95 Å². The van der Waals surface area contributed by atoms with Crippen molar-refractivity contribution in [3.63, 3.8) is 0 Å². The van der Waals surface area contributed by atoms with Crippen LogP contribution in [-0.2, 0) is 24.2 Å². The van der Waals surface area contributed by atoms with Crippen molar-refractivity contribution in [3.8, 4) is 0 Å². The van der Waals surface area contributed by atoms with E-state index in [1.807, 2.05) is 4.57 Å². The smallest absolute Gasteiger partial charge is 0.263 e. The lowest BCUT2D eigenvalue weighted by Gasteiger charge is -2.31. The molecular formula is C24H36N4O2S2. The maximum absolute atomic E-state index is 13.5. The van der Waals surface area contributed by atoms with Crippen LogP contribution in [0.1, 0.15) is 63.3 Å². The first-order valence-corrected chi connectivity index (χ1v) is 14.0. The fourth-order valence-corrected chi connectivity index (χ4v) is 6.85. The van der Waals surface area contributed by atoms with Crippen LogP contribution in [0, 0.1) is 5.92 Å². The number of carbonyl (C=O) groups excluding carboxylic acids is 1. The Morgan fingerprint density at radius 2 is 2.00 bits per heavy atom. The number of aromatic nitrogens is 2. The molecule has 1 N–H and O–H groups in total. The van der Waals surface area contributed by atoms with Gasteiger partial charge in [0.1, 0.15) is 4.83 Å². The average molecular weight is 477 g/mol. The number of piperidine rings is 1. The Kier molecular flexibility index (Phi) is 7.95. The highest BCUT2D eigenvalue weighted by atomic mass is 32.2. The van der Waals surface area contributed by atoms with Gasteiger partial charge in [0.2, 0.25) is 5.91 Å². The van der Waals surface area contributed by atoms with Gasteiger partial charge < -0.3 is 10.2 Å². The molecule has 0 bridgehead atoms. The van der Waals surface area contributed by atoms with Crippen LogP contribution in [0.2, 0.25) is 0 Å². The lowest BCUT2D eigenvalue weighted by atomic mass is 9.97. The summed E-state index contributed by atoms with van der Waals surface area (Å²) >= 11 is 3.09. The van der Waals surface area contributed by atoms with Crippen LogP contribution in [0.4, 0.5) is 0 Å². The number of fused-ring (bicyclic) bond motifs is 3. The third-order valence-corrected chi connectivity index (χ3v) is 8.86. The molecule has 1 fully saturated rings. The number of rotatable bonds is 8. The van der Waals surface area contributed by atoms with E-state index < -0.39 is 0 Å². The number of aryl methyl sites for hydroxylation is 2. The zero-order valence-electron chi connectivity index (χ0n) is 19.6. The highest BCUT2D eigenvalue weighted by Gasteiger charge is 2.23. The minimum absolute atomic E-state index is 0.0418. The summed E-state index contributed by atoms with van der Waals surface area (Å²) in [5.41, 5.74) is 1.32. The Morgan fingerprint density at radius 3 is 2.72 bits per heavy atom. The van der Waals surface area contributed by atoms with Gasteiger partial charge in [-0.05, 0) is 63.0 Å². The normalized spacial score (nSPS) is 17.8. The molecule has 1 amide bonds. The number of likely N-dealkylation sites (tertiary alicyclic amines) is 1. The summed E-state index contributed by atoms with van der Waals surface area (Å²) in [6.07, 6.45) is 7.34. The minimum atomic E-state index is 0.0418. The summed E-state index contributed by atoms with van der Waals surface area (Å²) in [6.45, 7) is 10.4. The average Bonchev–Trinajstić information content (AvgIpc) is 3.16. The van der Waals surface area contributed by atoms with E-state index in [9.17, 15) is 9.59 Å². The second-order valence-corrected chi connectivity index (χ2v) is 11.5. The molecule has 6 nitrogen and oxygen atoms in total. The van der Waals surface area contributed by atoms with Gasteiger partial charge in [0.15, 0.2) is 5.16 Å². The molecular weight excluding hydrogens is 440 g/mol. The molecule has 2 aromatic rings. The number of nitrogens with zero attached hydrogens (tertiary/aromatic N) is 3. The van der Waals surface area contributed by atoms with E-state index in [0.29, 0.717) is 23.4 Å². The van der Waals surface area contributed by atoms with Crippen LogP contribution < -0.4 is 10.9 Å². The molecule has 1 aliphatic heterocycles. The van der Waals surface area contributed by atoms with Crippen molar-refractivity contribution in [1.29, 1.82) is 0 Å². The van der Waals surface area contributed by atoms with Crippen molar-refractivity contribution in [1.82, 2.24) is 19.8 Å². The Labute approximate surface area is 199 Å². The van der Waals surface area contributed by atoms with Gasteiger partial charge in [0.25, 0.3) is 5.56 Å². The number of hydrogen-bond acceptors (Lipinski definition) is 6. The minimum Gasteiger partial charge on any atom is -0.353 e. The molecule has 8 heteroatoms. The Balaban J connectivity index is 1.51. The van der Waals surface area contributed by atoms with Gasteiger partial charge in [0.05, 0.1) is 11.1 Å². The molecule has 2 aliphatic rings. The number of amides is 1. The summed E-state index contributed by atoms with van der Waals surface area (Å²) in [6, 6.07) is 0.258. The molecule has 3 heterocycles. The Morgan fingerprint density at radius 1 is 1.25 bits per heavy atom. The Hall–Kier alpha value is -1.38. The first kappa shape index (κ1) is 23.8. The van der Waals surface area contributed by atoms with Crippen molar-refractivity contribution in [2.24, 2.45) is 5.92 Å². The highest BCUT2D eigenvalue weighted by molar-refractivity contribution is 7.99. The summed E-state index contributed by atoms with van der Waals surface area (Å²) in [5.74, 6) is 0.850. The van der Waals surface area contributed by atoms with E-state index in [1.54, 1.807) is 11.3 Å². The van der Waals surface area contributed by atoms with Gasteiger partial charge in [-0.3, -0.25) is 14.2 Å². The van der Waals surface area contributed by atoms with Crippen molar-refractivity contribution < 1.29 is 4.79 Å². The number of hydrogen-bond donors (Lipinski definition) is 1. The van der Waals surface area contributed by atoms with Crippen LogP contribution >= 0.6 is 23.1 Å². The molecule has 32 heavy (non-hydrogen) atoms. The zero-order valence-corrected chi connectivity index (χ0v) is 21.2. The number of carbonyl (C=O) groups is 1. The maximum Gasteiger partial charge on any atom is 0.263 e. The second kappa shape index (κ2) is 10.7. The van der Waals surface area contributed by atoms with E-state index in [-0.39, 0.29) is 17.5 Å². The summed E-state index contributed by atoms with van der Waals surface area (Å²) in [5, 5.41) is 4.73. The summed E-state index contributed by atoms with van der Waals surface area (Å²) < 4.78 is 1.83. The summed E-state index contributed by atoms with van der Waals surface area (Å²) in [7, 11) is 0. The van der Waals surface area contributed by atoms with Crippen LogP contribution in [0.3, 0.4) is 0 Å². The monoisotopic (exact) mass is 476 g/mol. The van der Waals surface area contributed by atoms with E-state index in [4.69, 9.17) is 4.98 Å².